The highest BCUT2D eigenvalue weighted by molar-refractivity contribution is 6.29. The molecule has 0 spiro atoms. The first-order valence-corrected chi connectivity index (χ1v) is 8.99. The zero-order valence-corrected chi connectivity index (χ0v) is 15.5. The van der Waals surface area contributed by atoms with E-state index in [1.54, 1.807) is 11.0 Å². The second-order valence-electron chi connectivity index (χ2n) is 7.06. The molecule has 3 unspecified atom stereocenters. The van der Waals surface area contributed by atoms with Crippen LogP contribution in [-0.2, 0) is 9.47 Å². The van der Waals surface area contributed by atoms with Crippen molar-refractivity contribution < 1.29 is 19.0 Å². The standard InChI is InChI=1S/C17H24ClN3O4/c1-10(2)11(3)24-17(22)21-5-12-7-23-8-13(6-21)16(12)25-15-4-14(18)19-9-20-15/h4,9-13,16H,5-8H2,1-3H3. The van der Waals surface area contributed by atoms with Crippen LogP contribution in [0.3, 0.4) is 0 Å². The van der Waals surface area contributed by atoms with Gasteiger partial charge in [-0.25, -0.2) is 14.8 Å². The number of carbonyl (C=O) groups excluding carboxylic acids is 1. The van der Waals surface area contributed by atoms with Gasteiger partial charge in [0.15, 0.2) is 0 Å². The van der Waals surface area contributed by atoms with Gasteiger partial charge in [-0.15, -0.1) is 0 Å². The van der Waals surface area contributed by atoms with E-state index >= 15 is 0 Å². The summed E-state index contributed by atoms with van der Waals surface area (Å²) in [5.74, 6) is 0.882. The lowest BCUT2D eigenvalue weighted by Gasteiger charge is -2.46. The molecule has 0 aliphatic carbocycles. The van der Waals surface area contributed by atoms with E-state index in [1.807, 2.05) is 20.8 Å². The molecule has 0 saturated carbocycles. The first kappa shape index (κ1) is 18.2. The van der Waals surface area contributed by atoms with E-state index in [2.05, 4.69) is 9.97 Å². The summed E-state index contributed by atoms with van der Waals surface area (Å²) in [7, 11) is 0. The Balaban J connectivity index is 1.65. The van der Waals surface area contributed by atoms with Gasteiger partial charge in [-0.3, -0.25) is 0 Å². The van der Waals surface area contributed by atoms with Gasteiger partial charge in [0.2, 0.25) is 5.88 Å². The third kappa shape index (κ3) is 4.33. The highest BCUT2D eigenvalue weighted by Gasteiger charge is 2.44. The highest BCUT2D eigenvalue weighted by atomic mass is 35.5. The van der Waals surface area contributed by atoms with Crippen molar-refractivity contribution in [1.29, 1.82) is 0 Å². The summed E-state index contributed by atoms with van der Waals surface area (Å²) >= 11 is 5.90. The first-order chi connectivity index (χ1) is 11.9. The maximum Gasteiger partial charge on any atom is 0.410 e. The minimum absolute atomic E-state index is 0.0636. The van der Waals surface area contributed by atoms with Gasteiger partial charge in [0.05, 0.1) is 13.2 Å². The highest BCUT2D eigenvalue weighted by Crippen LogP contribution is 2.31. The van der Waals surface area contributed by atoms with Crippen molar-refractivity contribution in [2.24, 2.45) is 17.8 Å². The number of fused-ring (bicyclic) bond motifs is 2. The fourth-order valence-corrected chi connectivity index (χ4v) is 3.27. The van der Waals surface area contributed by atoms with Crippen LogP contribution in [0.15, 0.2) is 12.4 Å². The number of ether oxygens (including phenoxy) is 3. The zero-order chi connectivity index (χ0) is 18.0. The van der Waals surface area contributed by atoms with E-state index in [4.69, 9.17) is 25.8 Å². The Morgan fingerprint density at radius 3 is 2.56 bits per heavy atom. The van der Waals surface area contributed by atoms with Crippen molar-refractivity contribution in [3.05, 3.63) is 17.5 Å². The van der Waals surface area contributed by atoms with Crippen LogP contribution in [0.4, 0.5) is 4.79 Å². The Morgan fingerprint density at radius 2 is 1.96 bits per heavy atom. The normalized spacial score (nSPS) is 27.1. The molecule has 0 N–H and O–H groups in total. The Kier molecular flexibility index (Phi) is 5.64. The molecule has 2 saturated heterocycles. The number of rotatable bonds is 4. The lowest BCUT2D eigenvalue weighted by atomic mass is 9.84. The Labute approximate surface area is 152 Å². The molecule has 0 radical (unpaired) electrons. The van der Waals surface area contributed by atoms with E-state index < -0.39 is 0 Å². The molecule has 1 aromatic rings. The summed E-state index contributed by atoms with van der Waals surface area (Å²) in [6, 6.07) is 1.60. The van der Waals surface area contributed by atoms with Gasteiger partial charge in [0.1, 0.15) is 23.7 Å². The number of piperidine rings is 1. The van der Waals surface area contributed by atoms with Crippen molar-refractivity contribution in [2.45, 2.75) is 33.0 Å². The summed E-state index contributed by atoms with van der Waals surface area (Å²) in [6.07, 6.45) is 0.942. The number of hydrogen-bond acceptors (Lipinski definition) is 6. The van der Waals surface area contributed by atoms with Crippen LogP contribution in [0.25, 0.3) is 0 Å². The molecular weight excluding hydrogens is 346 g/mol. The maximum atomic E-state index is 12.4. The Bertz CT molecular complexity index is 601. The predicted octanol–water partition coefficient (Wildman–Crippen LogP) is 2.64. The lowest BCUT2D eigenvalue weighted by Crippen LogP contribution is -2.59. The molecule has 0 aromatic carbocycles. The molecule has 3 heterocycles. The van der Waals surface area contributed by atoms with Crippen molar-refractivity contribution >= 4 is 17.7 Å². The van der Waals surface area contributed by atoms with Crippen LogP contribution in [-0.4, -0.2) is 59.5 Å². The minimum Gasteiger partial charge on any atom is -0.473 e. The fraction of sp³-hybridized carbons (Fsp3) is 0.706. The molecule has 2 aliphatic rings. The average Bonchev–Trinajstić information content (AvgIpc) is 2.54. The molecule has 138 valence electrons. The third-order valence-corrected chi connectivity index (χ3v) is 5.06. The van der Waals surface area contributed by atoms with Gasteiger partial charge in [0, 0.05) is 31.0 Å². The minimum atomic E-state index is -0.262. The molecule has 25 heavy (non-hydrogen) atoms. The Morgan fingerprint density at radius 1 is 1.28 bits per heavy atom. The smallest absolute Gasteiger partial charge is 0.410 e. The van der Waals surface area contributed by atoms with Crippen LogP contribution in [0, 0.1) is 17.8 Å². The molecule has 1 amide bonds. The van der Waals surface area contributed by atoms with Crippen molar-refractivity contribution in [3.8, 4) is 5.88 Å². The van der Waals surface area contributed by atoms with E-state index in [-0.39, 0.29) is 36.1 Å². The molecule has 8 heteroatoms. The molecule has 3 rings (SSSR count). The maximum absolute atomic E-state index is 12.4. The van der Waals surface area contributed by atoms with Gasteiger partial charge >= 0.3 is 6.09 Å². The number of hydrogen-bond donors (Lipinski definition) is 0. The van der Waals surface area contributed by atoms with Gasteiger partial charge in [0.25, 0.3) is 0 Å². The molecular formula is C17H24ClN3O4. The van der Waals surface area contributed by atoms with E-state index in [0.717, 1.165) is 0 Å². The number of nitrogens with zero attached hydrogens (tertiary/aromatic N) is 3. The third-order valence-electron chi connectivity index (χ3n) is 4.85. The predicted molar refractivity (Wildman–Crippen MR) is 91.6 cm³/mol. The largest absolute Gasteiger partial charge is 0.473 e. The number of halogens is 1. The Hall–Kier alpha value is -1.60. The summed E-state index contributed by atoms with van der Waals surface area (Å²) in [5, 5.41) is 0.343. The summed E-state index contributed by atoms with van der Waals surface area (Å²) in [4.78, 5) is 22.2. The van der Waals surface area contributed by atoms with E-state index in [9.17, 15) is 4.79 Å². The van der Waals surface area contributed by atoms with Crippen LogP contribution >= 0.6 is 11.6 Å². The molecule has 3 atom stereocenters. The topological polar surface area (TPSA) is 73.8 Å². The molecule has 2 aliphatic heterocycles. The molecule has 2 bridgehead atoms. The first-order valence-electron chi connectivity index (χ1n) is 8.61. The van der Waals surface area contributed by atoms with Gasteiger partial charge in [-0.05, 0) is 12.8 Å². The average molecular weight is 370 g/mol. The van der Waals surface area contributed by atoms with Crippen molar-refractivity contribution in [1.82, 2.24) is 14.9 Å². The van der Waals surface area contributed by atoms with Gasteiger partial charge in [-0.2, -0.15) is 0 Å². The monoisotopic (exact) mass is 369 g/mol. The number of amides is 1. The number of likely N-dealkylation sites (tertiary alicyclic amines) is 1. The summed E-state index contributed by atoms with van der Waals surface area (Å²) in [6.45, 7) is 8.17. The summed E-state index contributed by atoms with van der Waals surface area (Å²) < 4.78 is 17.3. The zero-order valence-electron chi connectivity index (χ0n) is 14.7. The quantitative estimate of drug-likeness (QED) is 0.759. The second kappa shape index (κ2) is 7.74. The number of aromatic nitrogens is 2. The van der Waals surface area contributed by atoms with Crippen LogP contribution in [0.2, 0.25) is 5.15 Å². The molecule has 7 nitrogen and oxygen atoms in total. The second-order valence-corrected chi connectivity index (χ2v) is 7.44. The van der Waals surface area contributed by atoms with Crippen molar-refractivity contribution in [2.75, 3.05) is 26.3 Å². The SMILES string of the molecule is CC(C)C(C)OC(=O)N1CC2COCC(C1)C2Oc1cc(Cl)ncn1. The molecule has 2 fully saturated rings. The van der Waals surface area contributed by atoms with E-state index in [1.165, 1.54) is 6.33 Å². The van der Waals surface area contributed by atoms with E-state index in [0.29, 0.717) is 37.3 Å². The fourth-order valence-electron chi connectivity index (χ4n) is 3.13. The van der Waals surface area contributed by atoms with Gasteiger partial charge < -0.3 is 19.1 Å². The van der Waals surface area contributed by atoms with Crippen molar-refractivity contribution in [3.63, 3.8) is 0 Å². The van der Waals surface area contributed by atoms with Gasteiger partial charge in [-0.1, -0.05) is 25.4 Å². The lowest BCUT2D eigenvalue weighted by molar-refractivity contribution is -0.111. The summed E-state index contributed by atoms with van der Waals surface area (Å²) in [5.41, 5.74) is 0. The van der Waals surface area contributed by atoms with Crippen LogP contribution < -0.4 is 4.74 Å². The number of carbonyl (C=O) groups is 1. The van der Waals surface area contributed by atoms with Crippen LogP contribution in [0.1, 0.15) is 20.8 Å². The molecule has 1 aromatic heterocycles. The van der Waals surface area contributed by atoms with Crippen LogP contribution in [0.5, 0.6) is 5.88 Å².